The first-order valence-electron chi connectivity index (χ1n) is 3.64. The molecule has 0 aliphatic carbocycles. The Morgan fingerprint density at radius 2 is 2.08 bits per heavy atom. The van der Waals surface area contributed by atoms with Crippen molar-refractivity contribution in [2.24, 2.45) is 5.92 Å². The Balaban J connectivity index is 3.98. The van der Waals surface area contributed by atoms with Crippen LogP contribution >= 0.6 is 15.9 Å². The van der Waals surface area contributed by atoms with E-state index in [0.29, 0.717) is 4.48 Å². The van der Waals surface area contributed by atoms with Crippen molar-refractivity contribution < 1.29 is 8.42 Å². The van der Waals surface area contributed by atoms with Crippen molar-refractivity contribution in [2.45, 2.75) is 13.8 Å². The average molecular weight is 256 g/mol. The third-order valence-electron chi connectivity index (χ3n) is 1.04. The van der Waals surface area contributed by atoms with Crippen molar-refractivity contribution in [2.75, 3.05) is 12.3 Å². The van der Waals surface area contributed by atoms with Crippen LogP contribution in [0, 0.1) is 5.92 Å². The van der Waals surface area contributed by atoms with Gasteiger partial charge in [0.2, 0.25) is 10.0 Å². The Kier molecular flexibility index (Phi) is 5.04. The van der Waals surface area contributed by atoms with Gasteiger partial charge in [0.1, 0.15) is 0 Å². The van der Waals surface area contributed by atoms with E-state index < -0.39 is 10.0 Å². The summed E-state index contributed by atoms with van der Waals surface area (Å²) < 4.78 is 25.4. The number of rotatable bonds is 5. The van der Waals surface area contributed by atoms with Crippen LogP contribution in [-0.2, 0) is 10.0 Å². The Hall–Kier alpha value is 0.130. The van der Waals surface area contributed by atoms with Gasteiger partial charge in [-0.3, -0.25) is 0 Å². The molecule has 0 heterocycles. The van der Waals surface area contributed by atoms with Gasteiger partial charge in [-0.05, 0) is 5.92 Å². The second-order valence-electron chi connectivity index (χ2n) is 3.01. The van der Waals surface area contributed by atoms with E-state index in [4.69, 9.17) is 0 Å². The van der Waals surface area contributed by atoms with Crippen LogP contribution < -0.4 is 4.72 Å². The smallest absolute Gasteiger partial charge is 0.212 e. The zero-order chi connectivity index (χ0) is 9.78. The molecule has 12 heavy (non-hydrogen) atoms. The summed E-state index contributed by atoms with van der Waals surface area (Å²) in [6.07, 6.45) is 0. The molecular weight excluding hydrogens is 242 g/mol. The van der Waals surface area contributed by atoms with Crippen LogP contribution in [0.25, 0.3) is 0 Å². The fourth-order valence-corrected chi connectivity index (χ4v) is 2.40. The van der Waals surface area contributed by atoms with Crippen LogP contribution in [0.4, 0.5) is 0 Å². The molecule has 0 aromatic rings. The second kappa shape index (κ2) is 4.99. The number of hydrogen-bond acceptors (Lipinski definition) is 2. The number of halogens is 1. The molecule has 0 radical (unpaired) electrons. The predicted octanol–water partition coefficient (Wildman–Crippen LogP) is 1.47. The lowest BCUT2D eigenvalue weighted by molar-refractivity contribution is 0.572. The summed E-state index contributed by atoms with van der Waals surface area (Å²) in [5, 5.41) is 0. The lowest BCUT2D eigenvalue weighted by Crippen LogP contribution is -2.29. The van der Waals surface area contributed by atoms with Crippen molar-refractivity contribution in [1.29, 1.82) is 0 Å². The van der Waals surface area contributed by atoms with Crippen molar-refractivity contribution in [3.8, 4) is 0 Å². The highest BCUT2D eigenvalue weighted by Crippen LogP contribution is 2.01. The molecule has 0 unspecified atom stereocenters. The van der Waals surface area contributed by atoms with Crippen LogP contribution in [0.2, 0.25) is 0 Å². The summed E-state index contributed by atoms with van der Waals surface area (Å²) in [4.78, 5) is 0. The summed E-state index contributed by atoms with van der Waals surface area (Å²) in [6.45, 7) is 7.51. The Bertz CT molecular complexity index is 246. The van der Waals surface area contributed by atoms with Gasteiger partial charge in [0.05, 0.1) is 5.75 Å². The number of sulfonamides is 1. The quantitative estimate of drug-likeness (QED) is 0.809. The van der Waals surface area contributed by atoms with Crippen LogP contribution in [0.5, 0.6) is 0 Å². The largest absolute Gasteiger partial charge is 0.212 e. The van der Waals surface area contributed by atoms with E-state index in [1.807, 2.05) is 13.8 Å². The maximum Gasteiger partial charge on any atom is 0.212 e. The lowest BCUT2D eigenvalue weighted by atomic mass is 10.3. The molecule has 5 heteroatoms. The molecule has 0 aliphatic heterocycles. The second-order valence-corrected chi connectivity index (χ2v) is 5.99. The molecule has 0 atom stereocenters. The van der Waals surface area contributed by atoms with Gasteiger partial charge < -0.3 is 0 Å². The third-order valence-corrected chi connectivity index (χ3v) is 3.01. The SMILES string of the molecule is C=C(Br)CNS(=O)(=O)CC(C)C. The molecule has 0 aliphatic rings. The van der Waals surface area contributed by atoms with Gasteiger partial charge in [0.15, 0.2) is 0 Å². The summed E-state index contributed by atoms with van der Waals surface area (Å²) in [5.41, 5.74) is 0. The fraction of sp³-hybridized carbons (Fsp3) is 0.714. The molecule has 0 amide bonds. The molecule has 0 bridgehead atoms. The average Bonchev–Trinajstić information content (AvgIpc) is 1.81. The first-order chi connectivity index (χ1) is 5.33. The maximum absolute atomic E-state index is 11.2. The molecule has 72 valence electrons. The molecule has 0 rings (SSSR count). The third kappa shape index (κ3) is 6.82. The topological polar surface area (TPSA) is 46.2 Å². The summed E-state index contributed by atoms with van der Waals surface area (Å²) in [6, 6.07) is 0. The van der Waals surface area contributed by atoms with Crippen molar-refractivity contribution in [3.63, 3.8) is 0 Å². The normalized spacial score (nSPS) is 12.0. The van der Waals surface area contributed by atoms with E-state index >= 15 is 0 Å². The highest BCUT2D eigenvalue weighted by atomic mass is 79.9. The molecule has 0 aromatic carbocycles. The van der Waals surface area contributed by atoms with Gasteiger partial charge in [0, 0.05) is 11.0 Å². The maximum atomic E-state index is 11.2. The van der Waals surface area contributed by atoms with Crippen molar-refractivity contribution >= 4 is 26.0 Å². The minimum atomic E-state index is -3.12. The molecule has 1 N–H and O–H groups in total. The zero-order valence-corrected chi connectivity index (χ0v) is 9.70. The minimum Gasteiger partial charge on any atom is -0.212 e. The van der Waals surface area contributed by atoms with Gasteiger partial charge in [-0.25, -0.2) is 13.1 Å². The Morgan fingerprint density at radius 3 is 2.42 bits per heavy atom. The Labute approximate surface area is 82.4 Å². The summed E-state index contributed by atoms with van der Waals surface area (Å²) >= 11 is 3.07. The molecule has 3 nitrogen and oxygen atoms in total. The van der Waals surface area contributed by atoms with Crippen molar-refractivity contribution in [1.82, 2.24) is 4.72 Å². The fourth-order valence-electron chi connectivity index (χ4n) is 0.686. The van der Waals surface area contributed by atoms with E-state index in [9.17, 15) is 8.42 Å². The van der Waals surface area contributed by atoms with Gasteiger partial charge in [-0.15, -0.1) is 0 Å². The monoisotopic (exact) mass is 255 g/mol. The van der Waals surface area contributed by atoms with Crippen LogP contribution in [0.15, 0.2) is 11.1 Å². The highest BCUT2D eigenvalue weighted by molar-refractivity contribution is 9.11. The van der Waals surface area contributed by atoms with Gasteiger partial charge in [-0.1, -0.05) is 36.4 Å². The molecular formula is C7H14BrNO2S. The Morgan fingerprint density at radius 1 is 1.58 bits per heavy atom. The minimum absolute atomic E-state index is 0.145. The van der Waals surface area contributed by atoms with E-state index in [1.54, 1.807) is 0 Å². The van der Waals surface area contributed by atoms with E-state index in [2.05, 4.69) is 27.2 Å². The predicted molar refractivity (Wildman–Crippen MR) is 54.7 cm³/mol. The lowest BCUT2D eigenvalue weighted by Gasteiger charge is -2.07. The van der Waals surface area contributed by atoms with Crippen molar-refractivity contribution in [3.05, 3.63) is 11.1 Å². The van der Waals surface area contributed by atoms with Gasteiger partial charge in [-0.2, -0.15) is 0 Å². The molecule has 0 saturated carbocycles. The molecule has 0 saturated heterocycles. The van der Waals surface area contributed by atoms with Crippen LogP contribution in [0.1, 0.15) is 13.8 Å². The highest BCUT2D eigenvalue weighted by Gasteiger charge is 2.11. The van der Waals surface area contributed by atoms with E-state index in [1.165, 1.54) is 0 Å². The van der Waals surface area contributed by atoms with Crippen LogP contribution in [0.3, 0.4) is 0 Å². The number of nitrogens with one attached hydrogen (secondary N) is 1. The van der Waals surface area contributed by atoms with Crippen LogP contribution in [-0.4, -0.2) is 20.7 Å². The first-order valence-corrected chi connectivity index (χ1v) is 6.08. The molecule has 0 fully saturated rings. The first kappa shape index (κ1) is 12.1. The molecule has 0 aromatic heterocycles. The number of hydrogen-bond donors (Lipinski definition) is 1. The standard InChI is InChI=1S/C7H14BrNO2S/c1-6(2)5-12(10,11)9-4-7(3)8/h6,9H,3-5H2,1-2H3. The van der Waals surface area contributed by atoms with Gasteiger partial charge >= 0.3 is 0 Å². The summed E-state index contributed by atoms with van der Waals surface area (Å²) in [7, 11) is -3.12. The zero-order valence-electron chi connectivity index (χ0n) is 7.30. The van der Waals surface area contributed by atoms with E-state index in [0.717, 1.165) is 0 Å². The summed E-state index contributed by atoms with van der Waals surface area (Å²) in [5.74, 6) is 0.305. The van der Waals surface area contributed by atoms with Gasteiger partial charge in [0.25, 0.3) is 0 Å². The van der Waals surface area contributed by atoms with E-state index in [-0.39, 0.29) is 18.2 Å². The molecule has 0 spiro atoms.